The van der Waals surface area contributed by atoms with E-state index in [-0.39, 0.29) is 5.91 Å². The van der Waals surface area contributed by atoms with E-state index in [1.807, 2.05) is 25.1 Å². The van der Waals surface area contributed by atoms with Crippen LogP contribution in [0.15, 0.2) is 28.9 Å². The summed E-state index contributed by atoms with van der Waals surface area (Å²) in [6.45, 7) is 5.34. The molecule has 2 fully saturated rings. The molecule has 20 heavy (non-hydrogen) atoms. The Labute approximate surface area is 117 Å². The maximum Gasteiger partial charge on any atom is 0.251 e. The van der Waals surface area contributed by atoms with E-state index in [0.717, 1.165) is 29.6 Å². The Bertz CT molecular complexity index is 676. The van der Waals surface area contributed by atoms with Crippen LogP contribution in [0.2, 0.25) is 0 Å². The SMILES string of the molecule is Cc1coc2cc(C(=O)NC3CN4CCC3C4)ccc12. The van der Waals surface area contributed by atoms with E-state index >= 15 is 0 Å². The lowest BCUT2D eigenvalue weighted by Crippen LogP contribution is -2.43. The first-order valence-corrected chi connectivity index (χ1v) is 7.22. The molecule has 2 saturated heterocycles. The van der Waals surface area contributed by atoms with E-state index in [2.05, 4.69) is 10.2 Å². The largest absolute Gasteiger partial charge is 0.464 e. The van der Waals surface area contributed by atoms with Crippen molar-refractivity contribution >= 4 is 16.9 Å². The monoisotopic (exact) mass is 270 g/mol. The standard InChI is InChI=1S/C16H18N2O2/c1-10-9-20-15-6-11(2-3-13(10)15)16(19)17-14-8-18-5-4-12(14)7-18/h2-3,6,9,12,14H,4-5,7-8H2,1H3,(H,17,19). The number of carbonyl (C=O) groups excluding carboxylic acids is 1. The molecule has 4 heteroatoms. The molecule has 2 aliphatic rings. The highest BCUT2D eigenvalue weighted by atomic mass is 16.3. The highest BCUT2D eigenvalue weighted by Gasteiger charge is 2.38. The summed E-state index contributed by atoms with van der Waals surface area (Å²) in [5.41, 5.74) is 2.57. The van der Waals surface area contributed by atoms with E-state index in [1.54, 1.807) is 6.26 Å². The zero-order valence-corrected chi connectivity index (χ0v) is 11.6. The second kappa shape index (κ2) is 4.35. The molecule has 2 aliphatic heterocycles. The van der Waals surface area contributed by atoms with Crippen LogP contribution in [0.4, 0.5) is 0 Å². The molecule has 0 aliphatic carbocycles. The zero-order valence-electron chi connectivity index (χ0n) is 11.6. The van der Waals surface area contributed by atoms with Gasteiger partial charge in [0.2, 0.25) is 0 Å². The lowest BCUT2D eigenvalue weighted by Gasteiger charge is -2.23. The van der Waals surface area contributed by atoms with Crippen molar-refractivity contribution < 1.29 is 9.21 Å². The highest BCUT2D eigenvalue weighted by Crippen LogP contribution is 2.28. The first-order chi connectivity index (χ1) is 9.70. The van der Waals surface area contributed by atoms with Crippen LogP contribution in [-0.4, -0.2) is 36.5 Å². The molecule has 1 aromatic heterocycles. The van der Waals surface area contributed by atoms with Crippen molar-refractivity contribution in [3.63, 3.8) is 0 Å². The minimum absolute atomic E-state index is 0.0136. The van der Waals surface area contributed by atoms with Crippen LogP contribution in [0.5, 0.6) is 0 Å². The Balaban J connectivity index is 1.54. The summed E-state index contributed by atoms with van der Waals surface area (Å²) < 4.78 is 5.47. The van der Waals surface area contributed by atoms with Gasteiger partial charge in [-0.2, -0.15) is 0 Å². The van der Waals surface area contributed by atoms with Crippen LogP contribution in [0.25, 0.3) is 11.0 Å². The second-order valence-electron chi connectivity index (χ2n) is 6.02. The molecule has 104 valence electrons. The minimum Gasteiger partial charge on any atom is -0.464 e. The Kier molecular flexibility index (Phi) is 2.60. The summed E-state index contributed by atoms with van der Waals surface area (Å²) in [6, 6.07) is 6.00. The van der Waals surface area contributed by atoms with Crippen LogP contribution >= 0.6 is 0 Å². The molecule has 4 rings (SSSR count). The predicted molar refractivity (Wildman–Crippen MR) is 76.8 cm³/mol. The van der Waals surface area contributed by atoms with Crippen LogP contribution in [0.1, 0.15) is 22.3 Å². The van der Waals surface area contributed by atoms with Gasteiger partial charge >= 0.3 is 0 Å². The lowest BCUT2D eigenvalue weighted by molar-refractivity contribution is 0.0924. The minimum atomic E-state index is 0.0136. The molecule has 2 bridgehead atoms. The number of piperidine rings is 1. The Morgan fingerprint density at radius 2 is 2.30 bits per heavy atom. The fourth-order valence-corrected chi connectivity index (χ4v) is 3.50. The van der Waals surface area contributed by atoms with Gasteiger partial charge in [-0.1, -0.05) is 6.07 Å². The number of fused-ring (bicyclic) bond motifs is 3. The van der Waals surface area contributed by atoms with Crippen LogP contribution in [0, 0.1) is 12.8 Å². The highest BCUT2D eigenvalue weighted by molar-refractivity contribution is 5.98. The van der Waals surface area contributed by atoms with Crippen molar-refractivity contribution in [1.29, 1.82) is 0 Å². The number of amides is 1. The normalized spacial score (nSPS) is 28.1. The molecule has 3 heterocycles. The number of nitrogens with zero attached hydrogens (tertiary/aromatic N) is 1. The quantitative estimate of drug-likeness (QED) is 0.909. The molecule has 1 N–H and O–H groups in total. The van der Waals surface area contributed by atoms with Gasteiger partial charge in [0, 0.05) is 30.1 Å². The van der Waals surface area contributed by atoms with E-state index in [4.69, 9.17) is 4.42 Å². The molecule has 1 amide bonds. The summed E-state index contributed by atoms with van der Waals surface area (Å²) >= 11 is 0. The van der Waals surface area contributed by atoms with E-state index < -0.39 is 0 Å². The summed E-state index contributed by atoms with van der Waals surface area (Å²) in [5.74, 6) is 0.647. The molecule has 0 saturated carbocycles. The van der Waals surface area contributed by atoms with Crippen molar-refractivity contribution in [3.8, 4) is 0 Å². The van der Waals surface area contributed by atoms with Gasteiger partial charge in [-0.3, -0.25) is 4.79 Å². The lowest BCUT2D eigenvalue weighted by atomic mass is 9.99. The molecule has 2 aromatic rings. The van der Waals surface area contributed by atoms with Gasteiger partial charge in [0.1, 0.15) is 5.58 Å². The molecule has 4 nitrogen and oxygen atoms in total. The predicted octanol–water partition coefficient (Wildman–Crippen LogP) is 2.18. The fourth-order valence-electron chi connectivity index (χ4n) is 3.50. The topological polar surface area (TPSA) is 45.5 Å². The molecule has 1 aromatic carbocycles. The third kappa shape index (κ3) is 1.83. The van der Waals surface area contributed by atoms with Gasteiger partial charge in [0.05, 0.1) is 6.26 Å². The van der Waals surface area contributed by atoms with E-state index in [1.165, 1.54) is 13.0 Å². The zero-order chi connectivity index (χ0) is 13.7. The molecular formula is C16H18N2O2. The number of aryl methyl sites for hydroxylation is 1. The molecule has 3 atom stereocenters. The van der Waals surface area contributed by atoms with Crippen molar-refractivity contribution in [2.75, 3.05) is 19.6 Å². The molecule has 3 unspecified atom stereocenters. The van der Waals surface area contributed by atoms with E-state index in [9.17, 15) is 4.79 Å². The molecular weight excluding hydrogens is 252 g/mol. The average Bonchev–Trinajstić information content (AvgIpc) is 3.14. The Hall–Kier alpha value is -1.81. The van der Waals surface area contributed by atoms with Gasteiger partial charge in [-0.05, 0) is 43.5 Å². The summed E-state index contributed by atoms with van der Waals surface area (Å²) in [4.78, 5) is 14.8. The summed E-state index contributed by atoms with van der Waals surface area (Å²) in [6.07, 6.45) is 2.94. The Morgan fingerprint density at radius 3 is 3.05 bits per heavy atom. The van der Waals surface area contributed by atoms with Crippen molar-refractivity contribution in [2.45, 2.75) is 19.4 Å². The number of nitrogens with one attached hydrogen (secondary N) is 1. The smallest absolute Gasteiger partial charge is 0.251 e. The van der Waals surface area contributed by atoms with Crippen molar-refractivity contribution in [2.24, 2.45) is 5.92 Å². The van der Waals surface area contributed by atoms with Gasteiger partial charge in [-0.15, -0.1) is 0 Å². The number of benzene rings is 1. The summed E-state index contributed by atoms with van der Waals surface area (Å²) in [7, 11) is 0. The third-order valence-electron chi connectivity index (χ3n) is 4.68. The first kappa shape index (κ1) is 12.0. The number of hydrogen-bond acceptors (Lipinski definition) is 3. The van der Waals surface area contributed by atoms with Gasteiger partial charge < -0.3 is 14.6 Å². The number of carbonyl (C=O) groups is 1. The van der Waals surface area contributed by atoms with Gasteiger partial charge in [0.25, 0.3) is 5.91 Å². The molecule has 0 spiro atoms. The fraction of sp³-hybridized carbons (Fsp3) is 0.438. The second-order valence-corrected chi connectivity index (χ2v) is 6.02. The number of rotatable bonds is 2. The average molecular weight is 270 g/mol. The van der Waals surface area contributed by atoms with Crippen molar-refractivity contribution in [3.05, 3.63) is 35.6 Å². The van der Waals surface area contributed by atoms with Gasteiger partial charge in [-0.25, -0.2) is 0 Å². The van der Waals surface area contributed by atoms with Crippen LogP contribution < -0.4 is 5.32 Å². The van der Waals surface area contributed by atoms with E-state index in [0.29, 0.717) is 17.5 Å². The van der Waals surface area contributed by atoms with Crippen LogP contribution in [-0.2, 0) is 0 Å². The Morgan fingerprint density at radius 1 is 1.40 bits per heavy atom. The van der Waals surface area contributed by atoms with Crippen molar-refractivity contribution in [1.82, 2.24) is 10.2 Å². The number of hydrogen-bond donors (Lipinski definition) is 1. The third-order valence-corrected chi connectivity index (χ3v) is 4.68. The maximum atomic E-state index is 12.4. The van der Waals surface area contributed by atoms with Crippen LogP contribution in [0.3, 0.4) is 0 Å². The first-order valence-electron chi connectivity index (χ1n) is 7.22. The van der Waals surface area contributed by atoms with Gasteiger partial charge in [0.15, 0.2) is 0 Å². The summed E-state index contributed by atoms with van der Waals surface area (Å²) in [5, 5.41) is 4.25. The molecule has 0 radical (unpaired) electrons. The maximum absolute atomic E-state index is 12.4. The number of furan rings is 1.